The number of rotatable bonds is 7. The third-order valence-corrected chi connectivity index (χ3v) is 7.78. The van der Waals surface area contributed by atoms with Crippen molar-refractivity contribution in [1.29, 1.82) is 0 Å². The summed E-state index contributed by atoms with van der Waals surface area (Å²) in [7, 11) is 2.48. The molecule has 0 aromatic heterocycles. The largest absolute Gasteiger partial charge is 0.493 e. The Bertz CT molecular complexity index is 1330. The number of nitrogens with zero attached hydrogens (tertiary/aromatic N) is 2. The molecule has 2 aromatic rings. The molecule has 44 heavy (non-hydrogen) atoms. The molecule has 2 aliphatic rings. The van der Waals surface area contributed by atoms with Gasteiger partial charge in [-0.2, -0.15) is 26.3 Å². The van der Waals surface area contributed by atoms with E-state index in [9.17, 15) is 35.9 Å². The minimum Gasteiger partial charge on any atom is -0.493 e. The van der Waals surface area contributed by atoms with E-state index in [0.29, 0.717) is 29.2 Å². The third-order valence-electron chi connectivity index (χ3n) is 7.78. The van der Waals surface area contributed by atoms with Gasteiger partial charge in [-0.1, -0.05) is 0 Å². The lowest BCUT2D eigenvalue weighted by atomic mass is 9.90. The molecule has 2 aromatic carbocycles. The van der Waals surface area contributed by atoms with E-state index >= 15 is 0 Å². The van der Waals surface area contributed by atoms with Gasteiger partial charge in [0.1, 0.15) is 0 Å². The number of carbonyl (C=O) groups excluding carboxylic acids is 2. The van der Waals surface area contributed by atoms with Crippen LogP contribution in [0.25, 0.3) is 0 Å². The third kappa shape index (κ3) is 7.10. The molecule has 8 nitrogen and oxygen atoms in total. The van der Waals surface area contributed by atoms with Gasteiger partial charge in [-0.3, -0.25) is 9.80 Å². The Labute approximate surface area is 250 Å². The Morgan fingerprint density at radius 2 is 1.55 bits per heavy atom. The van der Waals surface area contributed by atoms with Crippen LogP contribution in [0.4, 0.5) is 41.6 Å². The standard InChI is InChI=1S/C30H34F6N2O6/c1-5-43-28(40)38-17(2)10-23(22-14-26(25(41-3)15-24(22)38)44-21-8-6-7-9-21)37(27(39)42-4)16-18-11-19(29(31,32)33)13-20(12-18)30(34,35)36/h11-15,17,21,23H,5-10,16H2,1-4H3. The number of ether oxygens (including phenoxy) is 4. The smallest absolute Gasteiger partial charge is 0.416 e. The SMILES string of the molecule is CCOC(=O)N1c2cc(OC)c(OC3CCCC3)cc2C(N(Cc2cc(C(F)(F)F)cc(C(F)(F)F)c2)C(=O)OC)CC1C. The summed E-state index contributed by atoms with van der Waals surface area (Å²) >= 11 is 0. The Hall–Kier alpha value is -3.84. The highest BCUT2D eigenvalue weighted by Gasteiger charge is 2.42. The molecule has 1 aliphatic heterocycles. The molecular weight excluding hydrogens is 598 g/mol. The summed E-state index contributed by atoms with van der Waals surface area (Å²) < 4.78 is 104. The quantitative estimate of drug-likeness (QED) is 0.287. The highest BCUT2D eigenvalue weighted by atomic mass is 19.4. The molecule has 1 heterocycles. The number of alkyl halides is 6. The van der Waals surface area contributed by atoms with Crippen LogP contribution >= 0.6 is 0 Å². The van der Waals surface area contributed by atoms with Gasteiger partial charge >= 0.3 is 24.5 Å². The highest BCUT2D eigenvalue weighted by molar-refractivity contribution is 5.91. The van der Waals surface area contributed by atoms with Gasteiger partial charge in [0.15, 0.2) is 11.5 Å². The molecule has 242 valence electrons. The van der Waals surface area contributed by atoms with Crippen LogP contribution < -0.4 is 14.4 Å². The first-order chi connectivity index (χ1) is 20.7. The second-order valence-corrected chi connectivity index (χ2v) is 10.8. The van der Waals surface area contributed by atoms with Crippen LogP contribution in [0.2, 0.25) is 0 Å². The molecule has 1 aliphatic carbocycles. The number of benzene rings is 2. The second kappa shape index (κ2) is 13.0. The average molecular weight is 633 g/mol. The molecule has 0 spiro atoms. The fourth-order valence-corrected chi connectivity index (χ4v) is 5.76. The fourth-order valence-electron chi connectivity index (χ4n) is 5.76. The van der Waals surface area contributed by atoms with Gasteiger partial charge in [0.25, 0.3) is 0 Å². The van der Waals surface area contributed by atoms with E-state index in [1.807, 2.05) is 0 Å². The number of halogens is 6. The Kier molecular flexibility index (Phi) is 9.79. The van der Waals surface area contributed by atoms with Crippen molar-refractivity contribution >= 4 is 17.9 Å². The van der Waals surface area contributed by atoms with Crippen molar-refractivity contribution in [2.75, 3.05) is 25.7 Å². The summed E-state index contributed by atoms with van der Waals surface area (Å²) in [6.07, 6.45) is -8.29. The van der Waals surface area contributed by atoms with Crippen molar-refractivity contribution in [2.45, 2.75) is 83.0 Å². The van der Waals surface area contributed by atoms with Crippen molar-refractivity contribution < 1.29 is 54.9 Å². The van der Waals surface area contributed by atoms with Crippen molar-refractivity contribution in [2.24, 2.45) is 0 Å². The van der Waals surface area contributed by atoms with Crippen molar-refractivity contribution in [1.82, 2.24) is 4.90 Å². The number of carbonyl (C=O) groups is 2. The Morgan fingerprint density at radius 3 is 2.07 bits per heavy atom. The number of hydrogen-bond donors (Lipinski definition) is 0. The highest BCUT2D eigenvalue weighted by Crippen LogP contribution is 2.47. The molecular formula is C30H34F6N2O6. The molecule has 14 heteroatoms. The number of hydrogen-bond acceptors (Lipinski definition) is 6. The van der Waals surface area contributed by atoms with Crippen LogP contribution in [0, 0.1) is 0 Å². The normalized spacial score (nSPS) is 18.9. The van der Waals surface area contributed by atoms with Crippen LogP contribution in [-0.4, -0.2) is 50.1 Å². The van der Waals surface area contributed by atoms with Crippen LogP contribution in [-0.2, 0) is 28.4 Å². The lowest BCUT2D eigenvalue weighted by Gasteiger charge is -2.42. The minimum atomic E-state index is -5.07. The molecule has 2 amide bonds. The first kappa shape index (κ1) is 33.1. The van der Waals surface area contributed by atoms with Gasteiger partial charge in [-0.25, -0.2) is 9.59 Å². The van der Waals surface area contributed by atoms with Gasteiger partial charge in [-0.05, 0) is 75.8 Å². The molecule has 1 saturated carbocycles. The van der Waals surface area contributed by atoms with Crippen molar-refractivity contribution in [3.05, 3.63) is 52.6 Å². The average Bonchev–Trinajstić information content (AvgIpc) is 3.47. The Morgan fingerprint density at radius 1 is 0.932 bits per heavy atom. The van der Waals surface area contributed by atoms with Crippen LogP contribution in [0.3, 0.4) is 0 Å². The number of anilines is 1. The zero-order valence-electron chi connectivity index (χ0n) is 24.7. The zero-order chi connectivity index (χ0) is 32.4. The summed E-state index contributed by atoms with van der Waals surface area (Å²) in [6.45, 7) is 2.75. The van der Waals surface area contributed by atoms with Gasteiger partial charge in [0.2, 0.25) is 0 Å². The van der Waals surface area contributed by atoms with E-state index in [4.69, 9.17) is 18.9 Å². The first-order valence-electron chi connectivity index (χ1n) is 14.1. The van der Waals surface area contributed by atoms with Gasteiger partial charge in [0, 0.05) is 24.2 Å². The van der Waals surface area contributed by atoms with Crippen molar-refractivity contribution in [3.8, 4) is 11.5 Å². The molecule has 0 radical (unpaired) electrons. The maximum absolute atomic E-state index is 13.6. The maximum atomic E-state index is 13.6. The van der Waals surface area contributed by atoms with E-state index in [-0.39, 0.29) is 30.9 Å². The molecule has 2 unspecified atom stereocenters. The van der Waals surface area contributed by atoms with E-state index in [2.05, 4.69) is 0 Å². The molecule has 0 saturated heterocycles. The van der Waals surface area contributed by atoms with Crippen LogP contribution in [0.1, 0.15) is 74.2 Å². The van der Waals surface area contributed by atoms with E-state index in [0.717, 1.165) is 37.7 Å². The van der Waals surface area contributed by atoms with Gasteiger partial charge in [-0.15, -0.1) is 0 Å². The summed E-state index contributed by atoms with van der Waals surface area (Å²) in [5.41, 5.74) is -2.77. The fraction of sp³-hybridized carbons (Fsp3) is 0.533. The summed E-state index contributed by atoms with van der Waals surface area (Å²) in [5.74, 6) is 0.625. The van der Waals surface area contributed by atoms with Crippen molar-refractivity contribution in [3.63, 3.8) is 0 Å². The monoisotopic (exact) mass is 632 g/mol. The number of fused-ring (bicyclic) bond motifs is 1. The molecule has 2 atom stereocenters. The number of amides is 2. The Balaban J connectivity index is 1.86. The second-order valence-electron chi connectivity index (χ2n) is 10.8. The summed E-state index contributed by atoms with van der Waals surface area (Å²) in [4.78, 5) is 28.7. The van der Waals surface area contributed by atoms with Crippen LogP contribution in [0.15, 0.2) is 30.3 Å². The number of methoxy groups -OCH3 is 2. The van der Waals surface area contributed by atoms with E-state index in [1.165, 1.54) is 12.0 Å². The van der Waals surface area contributed by atoms with Crippen LogP contribution in [0.5, 0.6) is 11.5 Å². The topological polar surface area (TPSA) is 77.5 Å². The molecule has 1 fully saturated rings. The van der Waals surface area contributed by atoms with E-state index < -0.39 is 59.9 Å². The lowest BCUT2D eigenvalue weighted by molar-refractivity contribution is -0.143. The molecule has 4 rings (SSSR count). The summed E-state index contributed by atoms with van der Waals surface area (Å²) in [6, 6.07) is 2.77. The molecule has 0 bridgehead atoms. The predicted octanol–water partition coefficient (Wildman–Crippen LogP) is 8.12. The lowest BCUT2D eigenvalue weighted by Crippen LogP contribution is -2.47. The molecule has 0 N–H and O–H groups in total. The minimum absolute atomic E-state index is 0.0279. The zero-order valence-corrected chi connectivity index (χ0v) is 24.7. The van der Waals surface area contributed by atoms with E-state index in [1.54, 1.807) is 26.0 Å². The van der Waals surface area contributed by atoms with Gasteiger partial charge < -0.3 is 18.9 Å². The van der Waals surface area contributed by atoms with Gasteiger partial charge in [0.05, 0.1) is 49.8 Å². The predicted molar refractivity (Wildman–Crippen MR) is 147 cm³/mol. The summed E-state index contributed by atoms with van der Waals surface area (Å²) in [5, 5.41) is 0. The first-order valence-corrected chi connectivity index (χ1v) is 14.1. The maximum Gasteiger partial charge on any atom is 0.416 e.